The average Bonchev–Trinajstić information content (AvgIpc) is 2.42. The molecule has 0 aliphatic carbocycles. The van der Waals surface area contributed by atoms with Crippen molar-refractivity contribution in [2.75, 3.05) is 5.88 Å². The van der Waals surface area contributed by atoms with Gasteiger partial charge in [-0.1, -0.05) is 25.6 Å². The van der Waals surface area contributed by atoms with E-state index in [0.717, 1.165) is 10.8 Å². The van der Waals surface area contributed by atoms with Crippen LogP contribution >= 0.6 is 11.8 Å². The number of nitrogens with one attached hydrogen (secondary N) is 1. The van der Waals surface area contributed by atoms with Crippen LogP contribution in [0.5, 0.6) is 0 Å². The maximum atomic E-state index is 10.5. The van der Waals surface area contributed by atoms with Gasteiger partial charge < -0.3 is 5.32 Å². The number of carbonyl (C=O) groups is 1. The molecule has 3 heteroatoms. The highest BCUT2D eigenvalue weighted by Crippen LogP contribution is 2.18. The molecule has 0 saturated carbocycles. The molecule has 1 aliphatic heterocycles. The summed E-state index contributed by atoms with van der Waals surface area (Å²) in [6.07, 6.45) is 1.76. The molecule has 0 atom stereocenters. The van der Waals surface area contributed by atoms with Crippen LogP contribution in [0.1, 0.15) is 20.8 Å². The van der Waals surface area contributed by atoms with E-state index in [-0.39, 0.29) is 5.78 Å². The second kappa shape index (κ2) is 5.35. The molecule has 0 amide bonds. The molecule has 0 radical (unpaired) electrons. The van der Waals surface area contributed by atoms with Crippen molar-refractivity contribution in [3.8, 4) is 0 Å². The van der Waals surface area contributed by atoms with Gasteiger partial charge in [-0.2, -0.15) is 0 Å². The van der Waals surface area contributed by atoms with E-state index >= 15 is 0 Å². The fraction of sp³-hybridized carbons (Fsp3) is 0.571. The summed E-state index contributed by atoms with van der Waals surface area (Å²) < 4.78 is 0. The monoisotopic (exact) mass is 159 g/mol. The maximum absolute atomic E-state index is 10.5. The normalized spacial score (nSPS) is 14.5. The van der Waals surface area contributed by atoms with E-state index in [4.69, 9.17) is 0 Å². The third-order valence-corrected chi connectivity index (χ3v) is 1.92. The van der Waals surface area contributed by atoms with Gasteiger partial charge in [0.05, 0.1) is 10.8 Å². The lowest BCUT2D eigenvalue weighted by molar-refractivity contribution is -0.112. The summed E-state index contributed by atoms with van der Waals surface area (Å²) in [5.41, 5.74) is 0. The zero-order chi connectivity index (χ0) is 7.98. The van der Waals surface area contributed by atoms with Gasteiger partial charge in [0.2, 0.25) is 0 Å². The van der Waals surface area contributed by atoms with Crippen molar-refractivity contribution < 1.29 is 4.79 Å². The molecular formula is C7H13NOS. The van der Waals surface area contributed by atoms with Crippen LogP contribution in [-0.4, -0.2) is 11.7 Å². The minimum absolute atomic E-state index is 0.153. The topological polar surface area (TPSA) is 29.1 Å². The Labute approximate surface area is 66.1 Å². The van der Waals surface area contributed by atoms with E-state index in [0.29, 0.717) is 0 Å². The molecule has 0 aromatic heterocycles. The lowest BCUT2D eigenvalue weighted by Gasteiger charge is -1.86. The van der Waals surface area contributed by atoms with Crippen LogP contribution in [0.3, 0.4) is 0 Å². The lowest BCUT2D eigenvalue weighted by atomic mass is 10.4. The molecular weight excluding hydrogens is 146 g/mol. The van der Waals surface area contributed by atoms with E-state index in [1.165, 1.54) is 0 Å². The van der Waals surface area contributed by atoms with Crippen LogP contribution in [0.25, 0.3) is 0 Å². The highest BCUT2D eigenvalue weighted by Gasteiger charge is 2.07. The first-order valence-electron chi connectivity index (χ1n) is 3.38. The Morgan fingerprint density at radius 3 is 2.50 bits per heavy atom. The Bertz CT molecular complexity index is 143. The third-order valence-electron chi connectivity index (χ3n) is 0.891. The van der Waals surface area contributed by atoms with Crippen LogP contribution in [0.4, 0.5) is 0 Å². The van der Waals surface area contributed by atoms with Crippen LogP contribution in [0, 0.1) is 0 Å². The van der Waals surface area contributed by atoms with Crippen molar-refractivity contribution in [2.45, 2.75) is 20.8 Å². The van der Waals surface area contributed by atoms with E-state index < -0.39 is 0 Å². The van der Waals surface area contributed by atoms with Crippen molar-refractivity contribution >= 4 is 17.5 Å². The van der Waals surface area contributed by atoms with E-state index in [9.17, 15) is 4.79 Å². The average molecular weight is 159 g/mol. The number of hydrogen-bond acceptors (Lipinski definition) is 3. The second-order valence-electron chi connectivity index (χ2n) is 1.56. The molecule has 1 aliphatic rings. The summed E-state index contributed by atoms with van der Waals surface area (Å²) in [5, 5.41) is 2.93. The van der Waals surface area contributed by atoms with E-state index in [1.807, 2.05) is 13.8 Å². The molecule has 58 valence electrons. The van der Waals surface area contributed by atoms with Gasteiger partial charge in [0.1, 0.15) is 0 Å². The summed E-state index contributed by atoms with van der Waals surface area (Å²) >= 11 is 1.55. The highest BCUT2D eigenvalue weighted by atomic mass is 32.2. The van der Waals surface area contributed by atoms with Gasteiger partial charge in [0, 0.05) is 6.20 Å². The number of allylic oxidation sites excluding steroid dienone is 1. The Hall–Kier alpha value is -0.440. The highest BCUT2D eigenvalue weighted by molar-refractivity contribution is 8.04. The Balaban J connectivity index is 0.000000371. The third kappa shape index (κ3) is 2.92. The molecule has 0 fully saturated rings. The van der Waals surface area contributed by atoms with Gasteiger partial charge >= 0.3 is 0 Å². The second-order valence-corrected chi connectivity index (χ2v) is 2.57. The molecule has 0 bridgehead atoms. The summed E-state index contributed by atoms with van der Waals surface area (Å²) in [4.78, 5) is 11.4. The molecule has 0 unspecified atom stereocenters. The molecule has 0 saturated heterocycles. The number of rotatable bonds is 1. The summed E-state index contributed by atoms with van der Waals surface area (Å²) in [6, 6.07) is 0. The number of Topliss-reactive ketones (excluding diaryl/α,β-unsaturated/α-hetero) is 1. The van der Waals surface area contributed by atoms with Gasteiger partial charge in [-0.3, -0.25) is 4.79 Å². The van der Waals surface area contributed by atoms with Gasteiger partial charge in [0.25, 0.3) is 0 Å². The summed E-state index contributed by atoms with van der Waals surface area (Å²) in [5.74, 6) is 0.995. The zero-order valence-corrected chi connectivity index (χ0v) is 7.42. The standard InChI is InChI=1S/C5H7NOS.C2H6/c1-4(7)5-2-6-3-8-5;1-2/h2,6H,3H2,1H3;1-2H3. The molecule has 10 heavy (non-hydrogen) atoms. The molecule has 0 spiro atoms. The first kappa shape index (κ1) is 9.56. The minimum atomic E-state index is 0.153. The first-order chi connectivity index (χ1) is 4.80. The first-order valence-corrected chi connectivity index (χ1v) is 4.36. The number of carbonyl (C=O) groups excluding carboxylic acids is 1. The number of ketones is 1. The molecule has 0 aromatic carbocycles. The number of thioether (sulfide) groups is 1. The molecule has 0 aromatic rings. The van der Waals surface area contributed by atoms with Crippen LogP contribution in [-0.2, 0) is 4.79 Å². The largest absolute Gasteiger partial charge is 0.381 e. The van der Waals surface area contributed by atoms with Crippen LogP contribution < -0.4 is 5.32 Å². The van der Waals surface area contributed by atoms with Crippen molar-refractivity contribution in [2.24, 2.45) is 0 Å². The lowest BCUT2D eigenvalue weighted by Crippen LogP contribution is -1.94. The van der Waals surface area contributed by atoms with Gasteiger partial charge in [-0.25, -0.2) is 0 Å². The predicted octanol–water partition coefficient (Wildman–Crippen LogP) is 1.74. The van der Waals surface area contributed by atoms with Crippen molar-refractivity contribution in [3.05, 3.63) is 11.1 Å². The van der Waals surface area contributed by atoms with Crippen LogP contribution in [0.2, 0.25) is 0 Å². The molecule has 1 heterocycles. The van der Waals surface area contributed by atoms with Crippen molar-refractivity contribution in [3.63, 3.8) is 0 Å². The fourth-order valence-electron chi connectivity index (χ4n) is 0.499. The SMILES string of the molecule is CC.CC(=O)C1=CNCS1. The predicted molar refractivity (Wildman–Crippen MR) is 45.7 cm³/mol. The van der Waals surface area contributed by atoms with Crippen molar-refractivity contribution in [1.82, 2.24) is 5.32 Å². The Kier molecular flexibility index (Phi) is 5.12. The molecule has 1 rings (SSSR count). The fourth-order valence-corrected chi connectivity index (χ4v) is 1.19. The van der Waals surface area contributed by atoms with Crippen molar-refractivity contribution in [1.29, 1.82) is 0 Å². The zero-order valence-electron chi connectivity index (χ0n) is 6.60. The summed E-state index contributed by atoms with van der Waals surface area (Å²) in [7, 11) is 0. The van der Waals surface area contributed by atoms with Gasteiger partial charge in [-0.05, 0) is 6.92 Å². The number of hydrogen-bond donors (Lipinski definition) is 1. The van der Waals surface area contributed by atoms with Gasteiger partial charge in [0.15, 0.2) is 5.78 Å². The van der Waals surface area contributed by atoms with E-state index in [1.54, 1.807) is 24.9 Å². The Morgan fingerprint density at radius 1 is 1.70 bits per heavy atom. The smallest absolute Gasteiger partial charge is 0.167 e. The maximum Gasteiger partial charge on any atom is 0.167 e. The quantitative estimate of drug-likeness (QED) is 0.632. The minimum Gasteiger partial charge on any atom is -0.381 e. The summed E-state index contributed by atoms with van der Waals surface area (Å²) in [6.45, 7) is 5.58. The van der Waals surface area contributed by atoms with E-state index in [2.05, 4.69) is 5.32 Å². The molecule has 1 N–H and O–H groups in total. The van der Waals surface area contributed by atoms with Crippen LogP contribution in [0.15, 0.2) is 11.1 Å². The molecule has 2 nitrogen and oxygen atoms in total. The Morgan fingerprint density at radius 2 is 2.30 bits per heavy atom. The van der Waals surface area contributed by atoms with Gasteiger partial charge in [-0.15, -0.1) is 0 Å².